The molecule has 2 aliphatic carbocycles. The lowest BCUT2D eigenvalue weighted by atomic mass is 10.0. The van der Waals surface area contributed by atoms with E-state index in [1.54, 1.807) is 0 Å². The molecule has 3 heterocycles. The number of H-pyrrole nitrogens is 1. The smallest absolute Gasteiger partial charge is 0.133 e. The van der Waals surface area contributed by atoms with Crippen LogP contribution in [0, 0.1) is 0 Å². The van der Waals surface area contributed by atoms with Crippen LogP contribution in [0.25, 0.3) is 0 Å². The summed E-state index contributed by atoms with van der Waals surface area (Å²) >= 11 is 0. The average molecular weight is 309 g/mol. The second-order valence-corrected chi connectivity index (χ2v) is 7.15. The van der Waals surface area contributed by atoms with Gasteiger partial charge in [0.05, 0.1) is 11.7 Å². The van der Waals surface area contributed by atoms with Crippen molar-refractivity contribution >= 4 is 5.82 Å². The number of hydrogen-bond donors (Lipinski definition) is 1. The number of aromatic nitrogens is 4. The van der Waals surface area contributed by atoms with Gasteiger partial charge in [0, 0.05) is 24.4 Å². The Balaban J connectivity index is 1.45. The Morgan fingerprint density at radius 1 is 1.04 bits per heavy atom. The monoisotopic (exact) mass is 309 g/mol. The third-order valence-corrected chi connectivity index (χ3v) is 5.44. The molecule has 1 saturated heterocycles. The van der Waals surface area contributed by atoms with Gasteiger partial charge in [0.25, 0.3) is 0 Å². The maximum absolute atomic E-state index is 4.94. The average Bonchev–Trinajstić information content (AvgIpc) is 3.17. The summed E-state index contributed by atoms with van der Waals surface area (Å²) in [5.74, 6) is 3.87. The normalized spacial score (nSPS) is 24.0. The topological polar surface area (TPSA) is 57.7 Å². The molecule has 1 atom stereocenters. The number of hydrogen-bond acceptors (Lipinski definition) is 4. The molecule has 23 heavy (non-hydrogen) atoms. The largest absolute Gasteiger partial charge is 0.346 e. The van der Waals surface area contributed by atoms with Gasteiger partial charge in [0.2, 0.25) is 0 Å². The zero-order valence-corrected chi connectivity index (χ0v) is 13.5. The van der Waals surface area contributed by atoms with Crippen LogP contribution in [-0.2, 0) is 12.8 Å². The molecule has 2 fully saturated rings. The highest BCUT2D eigenvalue weighted by Crippen LogP contribution is 2.40. The Hall–Kier alpha value is -1.91. The Morgan fingerprint density at radius 2 is 1.96 bits per heavy atom. The molecule has 0 radical (unpaired) electrons. The van der Waals surface area contributed by atoms with Gasteiger partial charge in [-0.1, -0.05) is 0 Å². The second-order valence-electron chi connectivity index (χ2n) is 7.15. The van der Waals surface area contributed by atoms with Crippen molar-refractivity contribution in [2.45, 2.75) is 63.3 Å². The van der Waals surface area contributed by atoms with E-state index in [1.165, 1.54) is 43.5 Å². The molecule has 120 valence electrons. The number of nitrogens with one attached hydrogen (secondary N) is 1. The minimum atomic E-state index is 0.350. The van der Waals surface area contributed by atoms with E-state index in [2.05, 4.69) is 20.9 Å². The number of nitrogens with zero attached hydrogens (tertiary/aromatic N) is 4. The lowest BCUT2D eigenvalue weighted by molar-refractivity contribution is 0.664. The van der Waals surface area contributed by atoms with Gasteiger partial charge in [0.15, 0.2) is 0 Å². The third kappa shape index (κ3) is 2.42. The molecule has 1 saturated carbocycles. The fourth-order valence-electron chi connectivity index (χ4n) is 4.02. The fraction of sp³-hybridized carbons (Fsp3) is 0.611. The Morgan fingerprint density at radius 3 is 2.83 bits per heavy atom. The minimum absolute atomic E-state index is 0.350. The molecule has 3 aliphatic rings. The van der Waals surface area contributed by atoms with Crippen LogP contribution in [-0.4, -0.2) is 26.5 Å². The summed E-state index contributed by atoms with van der Waals surface area (Å²) in [5, 5.41) is 0. The highest BCUT2D eigenvalue weighted by Gasteiger charge is 2.32. The molecule has 1 N–H and O–H groups in total. The van der Waals surface area contributed by atoms with Gasteiger partial charge < -0.3 is 9.88 Å². The number of rotatable bonds is 3. The van der Waals surface area contributed by atoms with Crippen molar-refractivity contribution in [2.24, 2.45) is 0 Å². The van der Waals surface area contributed by atoms with Gasteiger partial charge >= 0.3 is 0 Å². The van der Waals surface area contributed by atoms with Crippen LogP contribution in [0.4, 0.5) is 5.82 Å². The van der Waals surface area contributed by atoms with E-state index in [-0.39, 0.29) is 0 Å². The minimum Gasteiger partial charge on any atom is -0.346 e. The number of imidazole rings is 1. The van der Waals surface area contributed by atoms with E-state index in [4.69, 9.17) is 9.97 Å². The number of aromatic amines is 1. The quantitative estimate of drug-likeness (QED) is 0.945. The molecule has 1 aliphatic heterocycles. The molecule has 0 aromatic carbocycles. The van der Waals surface area contributed by atoms with Crippen LogP contribution in [0.1, 0.15) is 73.5 Å². The summed E-state index contributed by atoms with van der Waals surface area (Å²) in [6, 6.07) is 2.41. The van der Waals surface area contributed by atoms with Gasteiger partial charge in [-0.05, 0) is 57.4 Å². The molecule has 0 amide bonds. The van der Waals surface area contributed by atoms with Crippen LogP contribution in [0.3, 0.4) is 0 Å². The Kier molecular flexibility index (Phi) is 3.13. The Labute approximate surface area is 136 Å². The van der Waals surface area contributed by atoms with Crippen LogP contribution in [0.15, 0.2) is 12.3 Å². The summed E-state index contributed by atoms with van der Waals surface area (Å²) in [5.41, 5.74) is 2.68. The maximum atomic E-state index is 4.94. The summed E-state index contributed by atoms with van der Waals surface area (Å²) < 4.78 is 0. The lowest BCUT2D eigenvalue weighted by Crippen LogP contribution is -2.25. The van der Waals surface area contributed by atoms with Crippen molar-refractivity contribution in [1.29, 1.82) is 0 Å². The van der Waals surface area contributed by atoms with Gasteiger partial charge in [0.1, 0.15) is 17.5 Å². The van der Waals surface area contributed by atoms with Crippen LogP contribution in [0.2, 0.25) is 0 Å². The van der Waals surface area contributed by atoms with Crippen LogP contribution < -0.4 is 4.90 Å². The summed E-state index contributed by atoms with van der Waals surface area (Å²) in [7, 11) is 0. The molecule has 0 bridgehead atoms. The zero-order valence-electron chi connectivity index (χ0n) is 13.5. The molecule has 5 nitrogen and oxygen atoms in total. The van der Waals surface area contributed by atoms with Crippen LogP contribution >= 0.6 is 0 Å². The summed E-state index contributed by atoms with van der Waals surface area (Å²) in [6.45, 7) is 1.07. The van der Waals surface area contributed by atoms with Crippen molar-refractivity contribution in [2.75, 3.05) is 11.4 Å². The lowest BCUT2D eigenvalue weighted by Gasteiger charge is -2.24. The van der Waals surface area contributed by atoms with Crippen molar-refractivity contribution < 1.29 is 0 Å². The molecule has 0 spiro atoms. The summed E-state index contributed by atoms with van der Waals surface area (Å²) in [4.78, 5) is 20.3. The predicted molar refractivity (Wildman–Crippen MR) is 88.6 cm³/mol. The Bertz CT molecular complexity index is 694. The van der Waals surface area contributed by atoms with Crippen molar-refractivity contribution in [3.05, 3.63) is 35.3 Å². The highest BCUT2D eigenvalue weighted by molar-refractivity contribution is 5.42. The standard InChI is InChI=1S/C18H23N5/c1-2-5-14-13(4-1)20-18(21-14)15-6-3-11-23(15)16-9-10-19-17(22-16)12-7-8-12/h9-10,12,15H,1-8,11H2,(H,20,21). The van der Waals surface area contributed by atoms with E-state index < -0.39 is 0 Å². The molecule has 2 aromatic rings. The fourth-order valence-corrected chi connectivity index (χ4v) is 4.02. The molecule has 5 rings (SSSR count). The van der Waals surface area contributed by atoms with E-state index in [1.807, 2.05) is 6.20 Å². The van der Waals surface area contributed by atoms with Gasteiger partial charge in [-0.15, -0.1) is 0 Å². The zero-order chi connectivity index (χ0) is 15.2. The molecular weight excluding hydrogens is 286 g/mol. The van der Waals surface area contributed by atoms with Gasteiger partial charge in [-0.25, -0.2) is 15.0 Å². The number of anilines is 1. The first-order valence-electron chi connectivity index (χ1n) is 9.06. The third-order valence-electron chi connectivity index (χ3n) is 5.44. The van der Waals surface area contributed by atoms with E-state index >= 15 is 0 Å². The first kappa shape index (κ1) is 13.5. The molecule has 1 unspecified atom stereocenters. The molecule has 2 aromatic heterocycles. The highest BCUT2D eigenvalue weighted by atomic mass is 15.3. The molecular formula is C18H23N5. The first-order valence-corrected chi connectivity index (χ1v) is 9.06. The van der Waals surface area contributed by atoms with E-state index in [9.17, 15) is 0 Å². The van der Waals surface area contributed by atoms with Gasteiger partial charge in [-0.3, -0.25) is 0 Å². The van der Waals surface area contributed by atoms with E-state index in [0.29, 0.717) is 12.0 Å². The summed E-state index contributed by atoms with van der Waals surface area (Å²) in [6.07, 6.45) is 11.7. The van der Waals surface area contributed by atoms with Gasteiger partial charge in [-0.2, -0.15) is 0 Å². The van der Waals surface area contributed by atoms with E-state index in [0.717, 1.165) is 43.3 Å². The first-order chi connectivity index (χ1) is 11.4. The molecule has 5 heteroatoms. The van der Waals surface area contributed by atoms with Crippen molar-refractivity contribution in [3.8, 4) is 0 Å². The maximum Gasteiger partial charge on any atom is 0.133 e. The van der Waals surface area contributed by atoms with Crippen molar-refractivity contribution in [3.63, 3.8) is 0 Å². The second kappa shape index (κ2) is 5.32. The number of aryl methyl sites for hydroxylation is 2. The predicted octanol–water partition coefficient (Wildman–Crippen LogP) is 3.30. The van der Waals surface area contributed by atoms with Crippen molar-refractivity contribution in [1.82, 2.24) is 19.9 Å². The SMILES string of the molecule is c1cc(N2CCCC2c2nc3c([nH]2)CCCC3)nc(C2CC2)n1. The number of fused-ring (bicyclic) bond motifs is 1. The van der Waals surface area contributed by atoms with Crippen LogP contribution in [0.5, 0.6) is 0 Å².